The molecule has 1 aromatic heterocycles. The van der Waals surface area contributed by atoms with E-state index in [1.165, 1.54) is 5.56 Å². The number of carbonyl (C=O) groups excluding carboxylic acids is 1. The van der Waals surface area contributed by atoms with Crippen molar-refractivity contribution in [2.75, 3.05) is 7.11 Å². The first-order valence-electron chi connectivity index (χ1n) is 11.1. The first-order chi connectivity index (χ1) is 15.5. The highest BCUT2D eigenvalue weighted by Gasteiger charge is 2.26. The van der Waals surface area contributed by atoms with Crippen LogP contribution in [0.15, 0.2) is 53.7 Å². The van der Waals surface area contributed by atoms with Gasteiger partial charge in [0, 0.05) is 17.4 Å². The maximum atomic E-state index is 12.7. The monoisotopic (exact) mass is 450 g/mol. The summed E-state index contributed by atoms with van der Waals surface area (Å²) in [5.74, 6) is 2.57. The molecule has 1 aliphatic rings. The molecule has 0 aliphatic heterocycles. The van der Waals surface area contributed by atoms with Crippen LogP contribution in [0.3, 0.4) is 0 Å². The lowest BCUT2D eigenvalue weighted by Crippen LogP contribution is -2.33. The second-order valence-electron chi connectivity index (χ2n) is 8.36. The van der Waals surface area contributed by atoms with Crippen LogP contribution < -0.4 is 10.1 Å². The minimum absolute atomic E-state index is 0.120. The van der Waals surface area contributed by atoms with Crippen molar-refractivity contribution >= 4 is 17.7 Å². The molecular weight excluding hydrogens is 420 g/mol. The molecule has 1 heterocycles. The van der Waals surface area contributed by atoms with Gasteiger partial charge in [0.05, 0.1) is 13.2 Å². The van der Waals surface area contributed by atoms with E-state index in [0.29, 0.717) is 0 Å². The molecule has 7 heteroatoms. The normalized spacial score (nSPS) is 15.0. The summed E-state index contributed by atoms with van der Waals surface area (Å²) in [6.07, 6.45) is 4.23. The average Bonchev–Trinajstić information content (AvgIpc) is 3.49. The quantitative estimate of drug-likeness (QED) is 0.475. The maximum absolute atomic E-state index is 12.7. The number of amides is 1. The number of nitrogens with one attached hydrogen (secondary N) is 1. The van der Waals surface area contributed by atoms with E-state index >= 15 is 0 Å². The van der Waals surface area contributed by atoms with E-state index < -0.39 is 0 Å². The van der Waals surface area contributed by atoms with Gasteiger partial charge in [-0.15, -0.1) is 10.2 Å². The molecule has 1 saturated carbocycles. The maximum Gasteiger partial charge on any atom is 0.223 e. The van der Waals surface area contributed by atoms with Crippen molar-refractivity contribution in [2.24, 2.45) is 5.92 Å². The van der Waals surface area contributed by atoms with Crippen LogP contribution in [0.2, 0.25) is 0 Å². The highest BCUT2D eigenvalue weighted by atomic mass is 32.2. The Kier molecular flexibility index (Phi) is 7.15. The number of carbonyl (C=O) groups is 1. The second-order valence-corrected chi connectivity index (χ2v) is 9.31. The fraction of sp³-hybridized carbons (Fsp3) is 0.400. The van der Waals surface area contributed by atoms with Crippen molar-refractivity contribution in [1.29, 1.82) is 0 Å². The summed E-state index contributed by atoms with van der Waals surface area (Å²) < 4.78 is 7.40. The molecule has 1 fully saturated rings. The summed E-state index contributed by atoms with van der Waals surface area (Å²) in [7, 11) is 1.67. The molecule has 0 spiro atoms. The Hall–Kier alpha value is -2.80. The number of methoxy groups -OCH3 is 1. The zero-order valence-electron chi connectivity index (χ0n) is 18.9. The van der Waals surface area contributed by atoms with Crippen LogP contribution in [-0.2, 0) is 10.5 Å². The van der Waals surface area contributed by atoms with Gasteiger partial charge in [-0.05, 0) is 56.5 Å². The third-order valence-electron chi connectivity index (χ3n) is 5.92. The average molecular weight is 451 g/mol. The van der Waals surface area contributed by atoms with Crippen LogP contribution in [0.5, 0.6) is 5.75 Å². The molecule has 4 rings (SSSR count). The molecule has 1 unspecified atom stereocenters. The Labute approximate surface area is 193 Å². The molecule has 1 N–H and O–H groups in total. The van der Waals surface area contributed by atoms with E-state index in [9.17, 15) is 4.79 Å². The molecule has 1 amide bonds. The Morgan fingerprint density at radius 1 is 1.19 bits per heavy atom. The van der Waals surface area contributed by atoms with Crippen LogP contribution >= 0.6 is 11.8 Å². The zero-order valence-corrected chi connectivity index (χ0v) is 19.7. The lowest BCUT2D eigenvalue weighted by Gasteiger charge is -2.18. The number of thioether (sulfide) groups is 1. The molecule has 0 bridgehead atoms. The van der Waals surface area contributed by atoms with E-state index in [-0.39, 0.29) is 17.9 Å². The number of nitrogens with zero attached hydrogens (tertiary/aromatic N) is 3. The molecule has 168 valence electrons. The van der Waals surface area contributed by atoms with Crippen molar-refractivity contribution in [2.45, 2.75) is 56.5 Å². The van der Waals surface area contributed by atoms with Gasteiger partial charge < -0.3 is 10.1 Å². The summed E-state index contributed by atoms with van der Waals surface area (Å²) in [5, 5.41) is 13.0. The molecule has 6 nitrogen and oxygen atoms in total. The minimum atomic E-state index is -0.233. The van der Waals surface area contributed by atoms with E-state index in [0.717, 1.165) is 59.4 Å². The molecule has 1 atom stereocenters. The highest BCUT2D eigenvalue weighted by Crippen LogP contribution is 2.30. The van der Waals surface area contributed by atoms with Crippen LogP contribution in [0.4, 0.5) is 0 Å². The van der Waals surface area contributed by atoms with Gasteiger partial charge in [-0.3, -0.25) is 9.36 Å². The van der Waals surface area contributed by atoms with E-state index in [4.69, 9.17) is 4.74 Å². The Morgan fingerprint density at radius 2 is 1.94 bits per heavy atom. The SMILES string of the molecule is COc1cccc(CSc2nnc(C(C)NC(=O)C3CCCC3)n2-c2ccc(C)cc2)c1. The van der Waals surface area contributed by atoms with Crippen molar-refractivity contribution in [3.63, 3.8) is 0 Å². The number of rotatable bonds is 8. The first-order valence-corrected chi connectivity index (χ1v) is 12.1. The standard InChI is InChI=1S/C25H30N4O2S/c1-17-11-13-21(14-12-17)29-23(18(2)26-24(30)20-8-4-5-9-20)27-28-25(29)32-16-19-7-6-10-22(15-19)31-3/h6-7,10-15,18,20H,4-5,8-9,16H2,1-3H3,(H,26,30). The minimum Gasteiger partial charge on any atom is -0.497 e. The zero-order chi connectivity index (χ0) is 22.5. The third kappa shape index (κ3) is 5.15. The number of aromatic nitrogens is 3. The van der Waals surface area contributed by atoms with Gasteiger partial charge in [0.15, 0.2) is 11.0 Å². The Balaban J connectivity index is 1.59. The topological polar surface area (TPSA) is 69.0 Å². The lowest BCUT2D eigenvalue weighted by atomic mass is 10.1. The number of hydrogen-bond donors (Lipinski definition) is 1. The van der Waals surface area contributed by atoms with Crippen molar-refractivity contribution < 1.29 is 9.53 Å². The van der Waals surface area contributed by atoms with Crippen LogP contribution in [0.1, 0.15) is 55.6 Å². The molecule has 32 heavy (non-hydrogen) atoms. The highest BCUT2D eigenvalue weighted by molar-refractivity contribution is 7.98. The Morgan fingerprint density at radius 3 is 2.66 bits per heavy atom. The number of ether oxygens (including phenoxy) is 1. The van der Waals surface area contributed by atoms with Crippen LogP contribution in [0, 0.1) is 12.8 Å². The van der Waals surface area contributed by atoms with Gasteiger partial charge in [-0.25, -0.2) is 0 Å². The molecule has 2 aromatic carbocycles. The fourth-order valence-electron chi connectivity index (χ4n) is 4.09. The Bertz CT molecular complexity index is 1060. The lowest BCUT2D eigenvalue weighted by molar-refractivity contribution is -0.125. The van der Waals surface area contributed by atoms with Crippen LogP contribution in [0.25, 0.3) is 5.69 Å². The first kappa shape index (κ1) is 22.4. The number of aryl methyl sites for hydroxylation is 1. The number of hydrogen-bond acceptors (Lipinski definition) is 5. The van der Waals surface area contributed by atoms with Gasteiger partial charge in [0.2, 0.25) is 5.91 Å². The van der Waals surface area contributed by atoms with Gasteiger partial charge in [0.1, 0.15) is 5.75 Å². The molecule has 1 aliphatic carbocycles. The smallest absolute Gasteiger partial charge is 0.223 e. The van der Waals surface area contributed by atoms with Crippen molar-refractivity contribution in [3.05, 3.63) is 65.5 Å². The molecule has 0 saturated heterocycles. The third-order valence-corrected chi connectivity index (χ3v) is 6.92. The molecular formula is C25H30N4O2S. The fourth-order valence-corrected chi connectivity index (χ4v) is 4.99. The number of benzene rings is 2. The predicted octanol–water partition coefficient (Wildman–Crippen LogP) is 5.24. The van der Waals surface area contributed by atoms with E-state index in [1.807, 2.05) is 25.1 Å². The summed E-state index contributed by atoms with van der Waals surface area (Å²) >= 11 is 1.62. The molecule has 0 radical (unpaired) electrons. The van der Waals surface area contributed by atoms with Crippen LogP contribution in [-0.4, -0.2) is 27.8 Å². The van der Waals surface area contributed by atoms with Gasteiger partial charge in [0.25, 0.3) is 0 Å². The summed E-state index contributed by atoms with van der Waals surface area (Å²) in [6.45, 7) is 4.05. The van der Waals surface area contributed by atoms with Crippen molar-refractivity contribution in [3.8, 4) is 11.4 Å². The van der Waals surface area contributed by atoms with Gasteiger partial charge in [-0.2, -0.15) is 0 Å². The second kappa shape index (κ2) is 10.2. The predicted molar refractivity (Wildman–Crippen MR) is 127 cm³/mol. The van der Waals surface area contributed by atoms with Crippen molar-refractivity contribution in [1.82, 2.24) is 20.1 Å². The van der Waals surface area contributed by atoms with E-state index in [2.05, 4.69) is 57.3 Å². The summed E-state index contributed by atoms with van der Waals surface area (Å²) in [6, 6.07) is 16.1. The largest absolute Gasteiger partial charge is 0.497 e. The van der Waals surface area contributed by atoms with Gasteiger partial charge >= 0.3 is 0 Å². The summed E-state index contributed by atoms with van der Waals surface area (Å²) in [5.41, 5.74) is 3.33. The van der Waals surface area contributed by atoms with Gasteiger partial charge in [-0.1, -0.05) is 54.4 Å². The molecule has 3 aromatic rings. The van der Waals surface area contributed by atoms with E-state index in [1.54, 1.807) is 18.9 Å². The summed E-state index contributed by atoms with van der Waals surface area (Å²) in [4.78, 5) is 12.7.